The number of carboxylic acids is 1. The minimum Gasteiger partial charge on any atom is -0.481 e. The molecule has 3 atom stereocenters. The van der Waals surface area contributed by atoms with Gasteiger partial charge in [-0.15, -0.1) is 0 Å². The first kappa shape index (κ1) is 17.4. The van der Waals surface area contributed by atoms with E-state index in [1.54, 1.807) is 0 Å². The van der Waals surface area contributed by atoms with Gasteiger partial charge in [-0.1, -0.05) is 0 Å². The first-order valence-corrected chi connectivity index (χ1v) is 5.75. The van der Waals surface area contributed by atoms with Gasteiger partial charge < -0.3 is 15.3 Å². The summed E-state index contributed by atoms with van der Waals surface area (Å²) >= 11 is 0. The second-order valence-corrected chi connectivity index (χ2v) is 4.71. The zero-order chi connectivity index (χ0) is 16.6. The minimum absolute atomic E-state index is 0.430. The van der Waals surface area contributed by atoms with Gasteiger partial charge in [-0.2, -0.15) is 26.3 Å². The molecule has 0 saturated carbocycles. The van der Waals surface area contributed by atoms with Crippen LogP contribution in [0.1, 0.15) is 6.92 Å². The van der Waals surface area contributed by atoms with Crippen molar-refractivity contribution in [3.05, 3.63) is 0 Å². The summed E-state index contributed by atoms with van der Waals surface area (Å²) in [5, 5.41) is 10.2. The summed E-state index contributed by atoms with van der Waals surface area (Å²) in [4.78, 5) is 22.7. The van der Waals surface area contributed by atoms with Crippen LogP contribution in [0, 0.1) is 11.8 Å². The van der Waals surface area contributed by atoms with Crippen molar-refractivity contribution in [2.45, 2.75) is 25.3 Å². The minimum atomic E-state index is -4.85. The number of urea groups is 1. The van der Waals surface area contributed by atoms with Crippen LogP contribution in [0.25, 0.3) is 0 Å². The smallest absolute Gasteiger partial charge is 0.408 e. The standard InChI is InChI=1S/C10H12F6N2O3/c1-4(9(11,12)13)17-8(21)18-2-5(7(19)20)6(3-18)10(14,15)16/h4-6H,2-3H2,1H3,(H,17,21)(H,19,20)/t4?,5-,6-/m1/s1. The summed E-state index contributed by atoms with van der Waals surface area (Å²) in [5.74, 6) is -5.95. The third-order valence-electron chi connectivity index (χ3n) is 3.18. The molecule has 2 N–H and O–H groups in total. The van der Waals surface area contributed by atoms with Gasteiger partial charge in [-0.3, -0.25) is 4.79 Å². The van der Waals surface area contributed by atoms with Gasteiger partial charge in [-0.05, 0) is 6.92 Å². The fraction of sp³-hybridized carbons (Fsp3) is 0.800. The molecule has 1 rings (SSSR count). The highest BCUT2D eigenvalue weighted by atomic mass is 19.4. The van der Waals surface area contributed by atoms with Crippen LogP contribution in [-0.4, -0.2) is 53.5 Å². The molecule has 1 saturated heterocycles. The average Bonchev–Trinajstić information content (AvgIpc) is 2.71. The SMILES string of the molecule is CC(NC(=O)N1C[C@@H](C(F)(F)F)[C@H](C(=O)O)C1)C(F)(F)F. The monoisotopic (exact) mass is 322 g/mol. The number of hydrogen-bond donors (Lipinski definition) is 2. The van der Waals surface area contributed by atoms with Crippen LogP contribution in [0.3, 0.4) is 0 Å². The van der Waals surface area contributed by atoms with Gasteiger partial charge in [0.05, 0.1) is 11.8 Å². The van der Waals surface area contributed by atoms with Crippen molar-refractivity contribution < 1.29 is 41.0 Å². The van der Waals surface area contributed by atoms with E-state index in [0.29, 0.717) is 11.8 Å². The highest BCUT2D eigenvalue weighted by Gasteiger charge is 2.54. The average molecular weight is 322 g/mol. The molecule has 2 amide bonds. The normalized spacial score (nSPS) is 24.8. The first-order chi connectivity index (χ1) is 9.34. The fourth-order valence-electron chi connectivity index (χ4n) is 1.91. The third kappa shape index (κ3) is 4.14. The van der Waals surface area contributed by atoms with Gasteiger partial charge in [0.2, 0.25) is 0 Å². The Hall–Kier alpha value is -1.68. The Kier molecular flexibility index (Phi) is 4.63. The van der Waals surface area contributed by atoms with E-state index in [4.69, 9.17) is 5.11 Å². The highest BCUT2D eigenvalue weighted by molar-refractivity contribution is 5.78. The van der Waals surface area contributed by atoms with Gasteiger partial charge in [0.25, 0.3) is 0 Å². The Morgan fingerprint density at radius 3 is 2.05 bits per heavy atom. The Labute approximate surface area is 114 Å². The summed E-state index contributed by atoms with van der Waals surface area (Å²) in [6, 6.07) is -3.63. The van der Waals surface area contributed by atoms with Crippen LogP contribution < -0.4 is 5.32 Å². The van der Waals surface area contributed by atoms with Crippen molar-refractivity contribution in [3.8, 4) is 0 Å². The van der Waals surface area contributed by atoms with Crippen molar-refractivity contribution in [3.63, 3.8) is 0 Å². The fourth-order valence-corrected chi connectivity index (χ4v) is 1.91. The molecule has 11 heteroatoms. The van der Waals surface area contributed by atoms with Crippen LogP contribution in [0.2, 0.25) is 0 Å². The number of amides is 2. The molecule has 1 fully saturated rings. The van der Waals surface area contributed by atoms with E-state index in [-0.39, 0.29) is 0 Å². The largest absolute Gasteiger partial charge is 0.481 e. The van der Waals surface area contributed by atoms with Gasteiger partial charge in [0, 0.05) is 13.1 Å². The number of aliphatic carboxylic acids is 1. The molecular formula is C10H12F6N2O3. The Balaban J connectivity index is 2.78. The Morgan fingerprint density at radius 2 is 1.71 bits per heavy atom. The second-order valence-electron chi connectivity index (χ2n) is 4.71. The number of hydrogen-bond acceptors (Lipinski definition) is 2. The second kappa shape index (κ2) is 5.60. The number of rotatable bonds is 2. The van der Waals surface area contributed by atoms with Crippen LogP contribution in [0.4, 0.5) is 31.1 Å². The predicted octanol–water partition coefficient (Wildman–Crippen LogP) is 1.84. The van der Waals surface area contributed by atoms with Gasteiger partial charge in [0.1, 0.15) is 6.04 Å². The van der Waals surface area contributed by atoms with Crippen molar-refractivity contribution in [1.29, 1.82) is 0 Å². The first-order valence-electron chi connectivity index (χ1n) is 5.75. The zero-order valence-electron chi connectivity index (χ0n) is 10.6. The lowest BCUT2D eigenvalue weighted by molar-refractivity contribution is -0.187. The van der Waals surface area contributed by atoms with Gasteiger partial charge in [0.15, 0.2) is 0 Å². The predicted molar refractivity (Wildman–Crippen MR) is 56.3 cm³/mol. The van der Waals surface area contributed by atoms with Crippen molar-refractivity contribution in [2.24, 2.45) is 11.8 Å². The molecule has 1 unspecified atom stereocenters. The van der Waals surface area contributed by atoms with E-state index < -0.39 is 55.3 Å². The Bertz CT molecular complexity index is 422. The number of carbonyl (C=O) groups is 2. The van der Waals surface area contributed by atoms with E-state index >= 15 is 0 Å². The zero-order valence-corrected chi connectivity index (χ0v) is 10.6. The lowest BCUT2D eigenvalue weighted by atomic mass is 9.96. The molecule has 1 aliphatic heterocycles. The highest BCUT2D eigenvalue weighted by Crippen LogP contribution is 2.37. The quantitative estimate of drug-likeness (QED) is 0.762. The lowest BCUT2D eigenvalue weighted by Gasteiger charge is -2.22. The molecule has 0 aromatic carbocycles. The third-order valence-corrected chi connectivity index (χ3v) is 3.18. The van der Waals surface area contributed by atoms with Gasteiger partial charge in [-0.25, -0.2) is 4.79 Å². The summed E-state index contributed by atoms with van der Waals surface area (Å²) in [6.07, 6.45) is -9.60. The lowest BCUT2D eigenvalue weighted by Crippen LogP contribution is -2.49. The number of halogens is 6. The Morgan fingerprint density at radius 1 is 1.19 bits per heavy atom. The van der Waals surface area contributed by atoms with E-state index in [9.17, 15) is 35.9 Å². The van der Waals surface area contributed by atoms with E-state index in [1.165, 1.54) is 5.32 Å². The van der Waals surface area contributed by atoms with Crippen molar-refractivity contribution in [2.75, 3.05) is 13.1 Å². The molecular weight excluding hydrogens is 310 g/mol. The summed E-state index contributed by atoms with van der Waals surface area (Å²) in [6.45, 7) is -1.16. The summed E-state index contributed by atoms with van der Waals surface area (Å²) in [5.41, 5.74) is 0. The molecule has 0 spiro atoms. The number of alkyl halides is 6. The maximum atomic E-state index is 12.7. The maximum absolute atomic E-state index is 12.7. The number of carbonyl (C=O) groups excluding carboxylic acids is 1. The van der Waals surface area contributed by atoms with Crippen molar-refractivity contribution >= 4 is 12.0 Å². The molecule has 0 aromatic heterocycles. The maximum Gasteiger partial charge on any atom is 0.408 e. The number of nitrogens with one attached hydrogen (secondary N) is 1. The molecule has 1 aliphatic rings. The summed E-state index contributed by atoms with van der Waals surface area (Å²) < 4.78 is 74.8. The van der Waals surface area contributed by atoms with E-state index in [2.05, 4.69) is 0 Å². The molecule has 0 bridgehead atoms. The molecule has 21 heavy (non-hydrogen) atoms. The van der Waals surface area contributed by atoms with Crippen molar-refractivity contribution in [1.82, 2.24) is 10.2 Å². The van der Waals surface area contributed by atoms with Crippen LogP contribution in [0.5, 0.6) is 0 Å². The molecule has 0 aromatic rings. The van der Waals surface area contributed by atoms with E-state index in [0.717, 1.165) is 0 Å². The number of likely N-dealkylation sites (tertiary alicyclic amines) is 1. The molecule has 1 heterocycles. The van der Waals surface area contributed by atoms with Crippen LogP contribution in [0.15, 0.2) is 0 Å². The van der Waals surface area contributed by atoms with E-state index in [1.807, 2.05) is 0 Å². The van der Waals surface area contributed by atoms with Crippen LogP contribution in [-0.2, 0) is 4.79 Å². The molecule has 0 aliphatic carbocycles. The summed E-state index contributed by atoms with van der Waals surface area (Å²) in [7, 11) is 0. The molecule has 0 radical (unpaired) electrons. The number of carboxylic acid groups (broad SMARTS) is 1. The topological polar surface area (TPSA) is 69.6 Å². The molecule has 122 valence electrons. The number of nitrogens with zero attached hydrogens (tertiary/aromatic N) is 1. The molecule has 5 nitrogen and oxygen atoms in total. The van der Waals surface area contributed by atoms with Gasteiger partial charge >= 0.3 is 24.4 Å². The van der Waals surface area contributed by atoms with Crippen LogP contribution >= 0.6 is 0 Å².